The minimum Gasteiger partial charge on any atom is -0.489 e. The number of nitrogens with one attached hydrogen (secondary N) is 1. The maximum absolute atomic E-state index is 10.8. The van der Waals surface area contributed by atoms with Gasteiger partial charge in [0, 0.05) is 17.8 Å². The highest BCUT2D eigenvalue weighted by molar-refractivity contribution is 5.87. The third-order valence-corrected chi connectivity index (χ3v) is 3.51. The van der Waals surface area contributed by atoms with Gasteiger partial charge < -0.3 is 19.6 Å². The molecule has 5 nitrogen and oxygen atoms in total. The maximum Gasteiger partial charge on any atom is 0.335 e. The molecule has 122 valence electrons. The molecule has 0 radical (unpaired) electrons. The SMILES string of the molecule is O=C(O)c1ccc(NCc2cccc(OCc3ccoc3)c2)cc1. The van der Waals surface area contributed by atoms with Crippen LogP contribution in [0.5, 0.6) is 5.75 Å². The molecule has 0 unspecified atom stereocenters. The lowest BCUT2D eigenvalue weighted by Crippen LogP contribution is -2.01. The van der Waals surface area contributed by atoms with Gasteiger partial charge in [0.1, 0.15) is 12.4 Å². The van der Waals surface area contributed by atoms with Crippen molar-refractivity contribution in [2.45, 2.75) is 13.2 Å². The van der Waals surface area contributed by atoms with Crippen LogP contribution in [0.3, 0.4) is 0 Å². The van der Waals surface area contributed by atoms with Crippen molar-refractivity contribution in [3.8, 4) is 5.75 Å². The Kier molecular flexibility index (Phi) is 4.81. The van der Waals surface area contributed by atoms with Gasteiger partial charge in [-0.15, -0.1) is 0 Å². The smallest absolute Gasteiger partial charge is 0.335 e. The Morgan fingerprint density at radius 1 is 1.08 bits per heavy atom. The number of benzene rings is 2. The fourth-order valence-electron chi connectivity index (χ4n) is 2.22. The molecular weight excluding hydrogens is 306 g/mol. The zero-order valence-corrected chi connectivity index (χ0v) is 12.9. The van der Waals surface area contributed by atoms with Crippen molar-refractivity contribution in [1.82, 2.24) is 0 Å². The van der Waals surface area contributed by atoms with E-state index in [9.17, 15) is 4.79 Å². The Hall–Kier alpha value is -3.21. The number of aromatic carboxylic acids is 1. The van der Waals surface area contributed by atoms with Crippen molar-refractivity contribution in [1.29, 1.82) is 0 Å². The van der Waals surface area contributed by atoms with Crippen molar-refractivity contribution in [2.75, 3.05) is 5.32 Å². The molecule has 0 aliphatic rings. The average molecular weight is 323 g/mol. The Bertz CT molecular complexity index is 794. The maximum atomic E-state index is 10.8. The summed E-state index contributed by atoms with van der Waals surface area (Å²) in [6.45, 7) is 1.08. The molecule has 0 bridgehead atoms. The van der Waals surface area contributed by atoms with Crippen molar-refractivity contribution in [2.24, 2.45) is 0 Å². The van der Waals surface area contributed by atoms with Gasteiger partial charge in [0.2, 0.25) is 0 Å². The van der Waals surface area contributed by atoms with Gasteiger partial charge in [-0.3, -0.25) is 0 Å². The van der Waals surface area contributed by atoms with Crippen molar-refractivity contribution in [3.63, 3.8) is 0 Å². The van der Waals surface area contributed by atoms with E-state index in [0.29, 0.717) is 13.2 Å². The molecule has 0 aliphatic heterocycles. The first kappa shape index (κ1) is 15.7. The summed E-state index contributed by atoms with van der Waals surface area (Å²) in [5.41, 5.74) is 3.19. The van der Waals surface area contributed by atoms with Gasteiger partial charge in [-0.25, -0.2) is 4.79 Å². The average Bonchev–Trinajstić information content (AvgIpc) is 3.12. The molecule has 0 amide bonds. The number of carbonyl (C=O) groups is 1. The second-order valence-corrected chi connectivity index (χ2v) is 5.30. The minimum atomic E-state index is -0.927. The number of ether oxygens (including phenoxy) is 1. The summed E-state index contributed by atoms with van der Waals surface area (Å²) in [5, 5.41) is 12.2. The van der Waals surface area contributed by atoms with Gasteiger partial charge in [-0.1, -0.05) is 12.1 Å². The molecule has 1 heterocycles. The Balaban J connectivity index is 1.57. The largest absolute Gasteiger partial charge is 0.489 e. The predicted molar refractivity (Wildman–Crippen MR) is 90.2 cm³/mol. The van der Waals surface area contributed by atoms with E-state index >= 15 is 0 Å². The van der Waals surface area contributed by atoms with Crippen LogP contribution in [0.1, 0.15) is 21.5 Å². The number of carboxylic acids is 1. The number of anilines is 1. The fraction of sp³-hybridized carbons (Fsp3) is 0.105. The molecule has 0 saturated heterocycles. The van der Waals surface area contributed by atoms with Crippen molar-refractivity contribution >= 4 is 11.7 Å². The van der Waals surface area contributed by atoms with Crippen LogP contribution in [0.4, 0.5) is 5.69 Å². The lowest BCUT2D eigenvalue weighted by Gasteiger charge is -2.09. The third kappa shape index (κ3) is 4.16. The van der Waals surface area contributed by atoms with Gasteiger partial charge in [-0.2, -0.15) is 0 Å². The summed E-state index contributed by atoms with van der Waals surface area (Å²) in [4.78, 5) is 10.8. The zero-order valence-electron chi connectivity index (χ0n) is 12.9. The zero-order chi connectivity index (χ0) is 16.8. The normalized spacial score (nSPS) is 10.3. The molecule has 2 aromatic carbocycles. The summed E-state index contributed by atoms with van der Waals surface area (Å²) in [6.07, 6.45) is 3.28. The van der Waals surface area contributed by atoms with Crippen LogP contribution in [0.15, 0.2) is 71.5 Å². The molecule has 5 heteroatoms. The van der Waals surface area contributed by atoms with Gasteiger partial charge in [0.05, 0.1) is 18.1 Å². The standard InChI is InChI=1S/C19H17NO4/c21-19(22)16-4-6-17(7-5-16)20-11-14-2-1-3-18(10-14)24-13-15-8-9-23-12-15/h1-10,12,20H,11,13H2,(H,21,22). The number of carboxylic acid groups (broad SMARTS) is 1. The van der Waals surface area contributed by atoms with Crippen LogP contribution in [-0.4, -0.2) is 11.1 Å². The molecule has 2 N–H and O–H groups in total. The van der Waals surface area contributed by atoms with E-state index in [1.54, 1.807) is 36.8 Å². The lowest BCUT2D eigenvalue weighted by molar-refractivity contribution is 0.0697. The topological polar surface area (TPSA) is 71.7 Å². The highest BCUT2D eigenvalue weighted by atomic mass is 16.5. The highest BCUT2D eigenvalue weighted by Gasteiger charge is 2.02. The molecule has 0 spiro atoms. The van der Waals surface area contributed by atoms with E-state index in [1.807, 2.05) is 30.3 Å². The molecular formula is C19H17NO4. The predicted octanol–water partition coefficient (Wildman–Crippen LogP) is 4.17. The van der Waals surface area contributed by atoms with E-state index in [4.69, 9.17) is 14.3 Å². The van der Waals surface area contributed by atoms with Crippen LogP contribution in [0.2, 0.25) is 0 Å². The summed E-state index contributed by atoms with van der Waals surface area (Å²) in [5.74, 6) is -0.138. The number of hydrogen-bond donors (Lipinski definition) is 2. The van der Waals surface area contributed by atoms with Crippen LogP contribution in [0.25, 0.3) is 0 Å². The van der Waals surface area contributed by atoms with E-state index < -0.39 is 5.97 Å². The first-order valence-corrected chi connectivity index (χ1v) is 7.51. The summed E-state index contributed by atoms with van der Waals surface area (Å²) in [6, 6.07) is 16.4. The molecule has 0 fully saturated rings. The Morgan fingerprint density at radius 2 is 1.92 bits per heavy atom. The first-order chi connectivity index (χ1) is 11.7. The fourth-order valence-corrected chi connectivity index (χ4v) is 2.22. The molecule has 3 rings (SSSR count). The number of hydrogen-bond acceptors (Lipinski definition) is 4. The van der Waals surface area contributed by atoms with E-state index in [0.717, 1.165) is 22.6 Å². The molecule has 0 saturated carbocycles. The third-order valence-electron chi connectivity index (χ3n) is 3.51. The van der Waals surface area contributed by atoms with E-state index in [1.165, 1.54) is 0 Å². The number of rotatable bonds is 7. The summed E-state index contributed by atoms with van der Waals surface area (Å²) >= 11 is 0. The van der Waals surface area contributed by atoms with Gasteiger partial charge in [0.15, 0.2) is 0 Å². The van der Waals surface area contributed by atoms with Gasteiger partial charge >= 0.3 is 5.97 Å². The minimum absolute atomic E-state index is 0.273. The molecule has 1 aromatic heterocycles. The lowest BCUT2D eigenvalue weighted by atomic mass is 10.2. The van der Waals surface area contributed by atoms with Crippen LogP contribution in [-0.2, 0) is 13.2 Å². The Morgan fingerprint density at radius 3 is 2.62 bits per heavy atom. The van der Waals surface area contributed by atoms with Crippen LogP contribution in [0, 0.1) is 0 Å². The number of furan rings is 1. The monoisotopic (exact) mass is 323 g/mol. The molecule has 0 atom stereocenters. The molecule has 0 aliphatic carbocycles. The van der Waals surface area contributed by atoms with E-state index in [-0.39, 0.29) is 5.56 Å². The second kappa shape index (κ2) is 7.37. The first-order valence-electron chi connectivity index (χ1n) is 7.51. The van der Waals surface area contributed by atoms with Crippen molar-refractivity contribution < 1.29 is 19.1 Å². The van der Waals surface area contributed by atoms with Crippen LogP contribution >= 0.6 is 0 Å². The molecule has 24 heavy (non-hydrogen) atoms. The highest BCUT2D eigenvalue weighted by Crippen LogP contribution is 2.17. The van der Waals surface area contributed by atoms with Crippen molar-refractivity contribution in [3.05, 3.63) is 83.8 Å². The van der Waals surface area contributed by atoms with Gasteiger partial charge in [-0.05, 0) is 48.0 Å². The van der Waals surface area contributed by atoms with E-state index in [2.05, 4.69) is 5.32 Å². The van der Waals surface area contributed by atoms with Crippen LogP contribution < -0.4 is 10.1 Å². The second-order valence-electron chi connectivity index (χ2n) is 5.30. The Labute approximate surface area is 139 Å². The van der Waals surface area contributed by atoms with Gasteiger partial charge in [0.25, 0.3) is 0 Å². The molecule has 3 aromatic rings. The quantitative estimate of drug-likeness (QED) is 0.683. The summed E-state index contributed by atoms with van der Waals surface area (Å²) in [7, 11) is 0. The summed E-state index contributed by atoms with van der Waals surface area (Å²) < 4.78 is 10.7.